The van der Waals surface area contributed by atoms with Crippen LogP contribution in [0.15, 0.2) is 0 Å². The maximum atomic E-state index is 11.0. The van der Waals surface area contributed by atoms with Crippen LogP contribution in [0.1, 0.15) is 52.4 Å². The third kappa shape index (κ3) is 8.43. The summed E-state index contributed by atoms with van der Waals surface area (Å²) in [6, 6.07) is 0. The van der Waals surface area contributed by atoms with Crippen molar-refractivity contribution in [3.63, 3.8) is 0 Å². The number of hydrogen-bond acceptors (Lipinski definition) is 3. The van der Waals surface area contributed by atoms with E-state index in [9.17, 15) is 4.79 Å². The van der Waals surface area contributed by atoms with E-state index in [1.54, 1.807) is 0 Å². The molecule has 3 nitrogen and oxygen atoms in total. The summed E-state index contributed by atoms with van der Waals surface area (Å²) in [5, 5.41) is 9.06. The van der Waals surface area contributed by atoms with Crippen molar-refractivity contribution in [3.8, 4) is 0 Å². The van der Waals surface area contributed by atoms with Crippen LogP contribution in [0.2, 0.25) is 0 Å². The van der Waals surface area contributed by atoms with E-state index < -0.39 is 0 Å². The molecule has 1 N–H and O–H groups in total. The van der Waals surface area contributed by atoms with Gasteiger partial charge in [0.05, 0.1) is 6.61 Å². The van der Waals surface area contributed by atoms with Gasteiger partial charge in [-0.15, -0.1) is 0 Å². The minimum absolute atomic E-state index is 0.103. The number of aliphatic hydroxyl groups excluding tert-OH is 1. The van der Waals surface area contributed by atoms with E-state index in [1.807, 2.05) is 6.92 Å². The molecule has 0 fully saturated rings. The number of unbranched alkanes of at least 4 members (excludes halogenated alkanes) is 1. The van der Waals surface area contributed by atoms with E-state index in [2.05, 4.69) is 6.92 Å². The quantitative estimate of drug-likeness (QED) is 0.476. The Bertz CT molecular complexity index is 157. The van der Waals surface area contributed by atoms with Gasteiger partial charge in [0.15, 0.2) is 0 Å². The smallest absolute Gasteiger partial charge is 0.305 e. The molecule has 0 saturated heterocycles. The standard InChI is InChI=1S/C12H24O3/c1-3-7-11(10-13)8-5-6-9-12(14)15-4-2/h11,13H,3-10H2,1-2H3/t11-/m1/s1. The van der Waals surface area contributed by atoms with Gasteiger partial charge in [-0.2, -0.15) is 0 Å². The lowest BCUT2D eigenvalue weighted by Crippen LogP contribution is -2.07. The molecule has 0 bridgehead atoms. The van der Waals surface area contributed by atoms with Crippen LogP contribution in [-0.2, 0) is 9.53 Å². The maximum absolute atomic E-state index is 11.0. The van der Waals surface area contributed by atoms with Crippen molar-refractivity contribution in [1.82, 2.24) is 0 Å². The van der Waals surface area contributed by atoms with E-state index >= 15 is 0 Å². The Balaban J connectivity index is 3.39. The third-order valence-corrected chi connectivity index (χ3v) is 2.50. The van der Waals surface area contributed by atoms with Crippen LogP contribution in [0, 0.1) is 5.92 Å². The zero-order valence-electron chi connectivity index (χ0n) is 10.00. The molecule has 0 radical (unpaired) electrons. The zero-order chi connectivity index (χ0) is 11.5. The van der Waals surface area contributed by atoms with Gasteiger partial charge in [-0.3, -0.25) is 4.79 Å². The average molecular weight is 216 g/mol. The molecule has 3 heteroatoms. The van der Waals surface area contributed by atoms with Gasteiger partial charge in [-0.1, -0.05) is 19.8 Å². The van der Waals surface area contributed by atoms with Gasteiger partial charge in [0, 0.05) is 13.0 Å². The summed E-state index contributed by atoms with van der Waals surface area (Å²) in [5.41, 5.74) is 0. The molecule has 0 rings (SSSR count). The summed E-state index contributed by atoms with van der Waals surface area (Å²) in [6.45, 7) is 4.68. The molecular weight excluding hydrogens is 192 g/mol. The second kappa shape index (κ2) is 9.97. The van der Waals surface area contributed by atoms with Gasteiger partial charge in [-0.25, -0.2) is 0 Å². The van der Waals surface area contributed by atoms with Crippen LogP contribution in [0.5, 0.6) is 0 Å². The van der Waals surface area contributed by atoms with Gasteiger partial charge in [0.2, 0.25) is 0 Å². The molecule has 0 aliphatic rings. The minimum atomic E-state index is -0.103. The average Bonchev–Trinajstić information content (AvgIpc) is 2.23. The molecule has 0 heterocycles. The number of ether oxygens (including phenoxy) is 1. The molecule has 0 aromatic rings. The highest BCUT2D eigenvalue weighted by Gasteiger charge is 2.07. The summed E-state index contributed by atoms with van der Waals surface area (Å²) in [4.78, 5) is 11.0. The molecular formula is C12H24O3. The SMILES string of the molecule is CCC[C@@H](CO)CCCCC(=O)OCC. The zero-order valence-corrected chi connectivity index (χ0v) is 10.00. The largest absolute Gasteiger partial charge is 0.466 e. The predicted molar refractivity (Wildman–Crippen MR) is 60.6 cm³/mol. The molecule has 0 aliphatic carbocycles. The first-order valence-corrected chi connectivity index (χ1v) is 6.01. The van der Waals surface area contributed by atoms with Crippen molar-refractivity contribution in [3.05, 3.63) is 0 Å². The number of carbonyl (C=O) groups is 1. The number of hydrogen-bond donors (Lipinski definition) is 1. The van der Waals surface area contributed by atoms with Crippen molar-refractivity contribution >= 4 is 5.97 Å². The first kappa shape index (κ1) is 14.4. The third-order valence-electron chi connectivity index (χ3n) is 2.50. The lowest BCUT2D eigenvalue weighted by atomic mass is 9.97. The van der Waals surface area contributed by atoms with Crippen LogP contribution in [0.25, 0.3) is 0 Å². The Labute approximate surface area is 92.8 Å². The monoisotopic (exact) mass is 216 g/mol. The Hall–Kier alpha value is -0.570. The van der Waals surface area contributed by atoms with Gasteiger partial charge < -0.3 is 9.84 Å². The number of esters is 1. The summed E-state index contributed by atoms with van der Waals surface area (Å²) >= 11 is 0. The maximum Gasteiger partial charge on any atom is 0.305 e. The molecule has 0 spiro atoms. The first-order valence-electron chi connectivity index (χ1n) is 6.01. The Morgan fingerprint density at radius 2 is 2.00 bits per heavy atom. The normalized spacial score (nSPS) is 12.5. The summed E-state index contributed by atoms with van der Waals surface area (Å²) in [6.07, 6.45) is 5.60. The summed E-state index contributed by atoms with van der Waals surface area (Å²) in [7, 11) is 0. The summed E-state index contributed by atoms with van der Waals surface area (Å²) in [5.74, 6) is 0.311. The minimum Gasteiger partial charge on any atom is -0.466 e. The van der Waals surface area contributed by atoms with Crippen LogP contribution in [0.4, 0.5) is 0 Å². The molecule has 0 aromatic heterocycles. The predicted octanol–water partition coefficient (Wildman–Crippen LogP) is 2.52. The Morgan fingerprint density at radius 3 is 2.53 bits per heavy atom. The molecule has 0 unspecified atom stereocenters. The van der Waals surface area contributed by atoms with Crippen molar-refractivity contribution in [2.45, 2.75) is 52.4 Å². The lowest BCUT2D eigenvalue weighted by Gasteiger charge is -2.11. The second-order valence-corrected chi connectivity index (χ2v) is 3.89. The van der Waals surface area contributed by atoms with Crippen LogP contribution >= 0.6 is 0 Å². The number of rotatable bonds is 9. The van der Waals surface area contributed by atoms with Gasteiger partial charge in [-0.05, 0) is 32.1 Å². The van der Waals surface area contributed by atoms with Gasteiger partial charge in [0.1, 0.15) is 0 Å². The first-order chi connectivity index (χ1) is 7.24. The molecule has 1 atom stereocenters. The van der Waals surface area contributed by atoms with Crippen molar-refractivity contribution in [1.29, 1.82) is 0 Å². The molecule has 0 aromatic carbocycles. The Morgan fingerprint density at radius 1 is 1.27 bits per heavy atom. The Kier molecular flexibility index (Phi) is 9.59. The van der Waals surface area contributed by atoms with Gasteiger partial charge in [0.25, 0.3) is 0 Å². The molecule has 0 aliphatic heterocycles. The highest BCUT2D eigenvalue weighted by molar-refractivity contribution is 5.69. The second-order valence-electron chi connectivity index (χ2n) is 3.89. The highest BCUT2D eigenvalue weighted by Crippen LogP contribution is 2.14. The number of carbonyl (C=O) groups excluding carboxylic acids is 1. The van der Waals surface area contributed by atoms with Crippen molar-refractivity contribution in [2.75, 3.05) is 13.2 Å². The van der Waals surface area contributed by atoms with Crippen molar-refractivity contribution in [2.24, 2.45) is 5.92 Å². The van der Waals surface area contributed by atoms with E-state index in [0.717, 1.165) is 32.1 Å². The van der Waals surface area contributed by atoms with Crippen LogP contribution in [0.3, 0.4) is 0 Å². The number of aliphatic hydroxyl groups is 1. The van der Waals surface area contributed by atoms with E-state index in [-0.39, 0.29) is 12.6 Å². The fraction of sp³-hybridized carbons (Fsp3) is 0.917. The summed E-state index contributed by atoms with van der Waals surface area (Å²) < 4.78 is 4.83. The molecule has 15 heavy (non-hydrogen) atoms. The van der Waals surface area contributed by atoms with Gasteiger partial charge >= 0.3 is 5.97 Å². The fourth-order valence-corrected chi connectivity index (χ4v) is 1.67. The van der Waals surface area contributed by atoms with E-state index in [0.29, 0.717) is 18.9 Å². The van der Waals surface area contributed by atoms with E-state index in [4.69, 9.17) is 9.84 Å². The van der Waals surface area contributed by atoms with Crippen LogP contribution in [-0.4, -0.2) is 24.3 Å². The van der Waals surface area contributed by atoms with E-state index in [1.165, 1.54) is 0 Å². The lowest BCUT2D eigenvalue weighted by molar-refractivity contribution is -0.143. The molecule has 0 amide bonds. The topological polar surface area (TPSA) is 46.5 Å². The highest BCUT2D eigenvalue weighted by atomic mass is 16.5. The molecule has 90 valence electrons. The molecule has 0 saturated carbocycles. The van der Waals surface area contributed by atoms with Crippen molar-refractivity contribution < 1.29 is 14.6 Å². The fourth-order valence-electron chi connectivity index (χ4n) is 1.67. The van der Waals surface area contributed by atoms with Crippen LogP contribution < -0.4 is 0 Å².